The van der Waals surface area contributed by atoms with Gasteiger partial charge in [-0.1, -0.05) is 0 Å². The Bertz CT molecular complexity index is 489. The second-order valence-corrected chi connectivity index (χ2v) is 5.10. The summed E-state index contributed by atoms with van der Waals surface area (Å²) in [7, 11) is 1.54. The molecular weight excluding hydrogens is 274 g/mol. The highest BCUT2D eigenvalue weighted by Crippen LogP contribution is 2.29. The molecule has 1 heterocycles. The lowest BCUT2D eigenvalue weighted by Gasteiger charge is -2.29. The molecule has 1 aliphatic heterocycles. The van der Waals surface area contributed by atoms with Crippen LogP contribution >= 0.6 is 0 Å². The van der Waals surface area contributed by atoms with Crippen LogP contribution in [0.25, 0.3) is 0 Å². The van der Waals surface area contributed by atoms with E-state index in [9.17, 15) is 10.1 Å². The molecule has 1 N–H and O–H groups in total. The molecule has 0 radical (unpaired) electrons. The zero-order chi connectivity index (χ0) is 15.2. The Morgan fingerprint density at radius 1 is 1.48 bits per heavy atom. The highest BCUT2D eigenvalue weighted by atomic mass is 16.6. The van der Waals surface area contributed by atoms with Crippen molar-refractivity contribution in [2.45, 2.75) is 13.0 Å². The molecule has 21 heavy (non-hydrogen) atoms. The molecule has 1 saturated heterocycles. The van der Waals surface area contributed by atoms with Crippen LogP contribution in [0.4, 0.5) is 11.4 Å². The zero-order valence-corrected chi connectivity index (χ0v) is 12.4. The molecule has 1 atom stereocenters. The first-order valence-electron chi connectivity index (χ1n) is 6.99. The van der Waals surface area contributed by atoms with Gasteiger partial charge in [0.05, 0.1) is 25.2 Å². The van der Waals surface area contributed by atoms with Gasteiger partial charge in [-0.05, 0) is 13.0 Å². The summed E-state index contributed by atoms with van der Waals surface area (Å²) in [5, 5.41) is 14.3. The molecule has 0 aromatic heterocycles. The minimum atomic E-state index is -0.386. The Balaban J connectivity index is 2.04. The maximum absolute atomic E-state index is 11.1. The molecule has 1 aliphatic rings. The van der Waals surface area contributed by atoms with E-state index in [0.29, 0.717) is 11.4 Å². The minimum absolute atomic E-state index is 0.0598. The Hall–Kier alpha value is -1.86. The van der Waals surface area contributed by atoms with Crippen molar-refractivity contribution in [3.8, 4) is 5.75 Å². The van der Waals surface area contributed by atoms with E-state index in [4.69, 9.17) is 9.47 Å². The van der Waals surface area contributed by atoms with E-state index in [1.807, 2.05) is 6.92 Å². The van der Waals surface area contributed by atoms with Crippen LogP contribution in [0.1, 0.15) is 6.92 Å². The largest absolute Gasteiger partial charge is 0.497 e. The molecule has 116 valence electrons. The maximum atomic E-state index is 11.1. The van der Waals surface area contributed by atoms with Crippen LogP contribution in [0.3, 0.4) is 0 Å². The summed E-state index contributed by atoms with van der Waals surface area (Å²) in [6, 6.07) is 4.81. The van der Waals surface area contributed by atoms with E-state index < -0.39 is 0 Å². The summed E-state index contributed by atoms with van der Waals surface area (Å²) in [5.41, 5.74) is 0.546. The van der Waals surface area contributed by atoms with Gasteiger partial charge in [-0.15, -0.1) is 0 Å². The average molecular weight is 295 g/mol. The van der Waals surface area contributed by atoms with Gasteiger partial charge in [-0.2, -0.15) is 0 Å². The zero-order valence-electron chi connectivity index (χ0n) is 12.4. The number of morpholine rings is 1. The van der Waals surface area contributed by atoms with Crippen molar-refractivity contribution in [1.29, 1.82) is 0 Å². The summed E-state index contributed by atoms with van der Waals surface area (Å²) >= 11 is 0. The molecule has 2 rings (SSSR count). The van der Waals surface area contributed by atoms with Crippen LogP contribution in [0.2, 0.25) is 0 Å². The highest BCUT2D eigenvalue weighted by molar-refractivity contribution is 5.64. The predicted octanol–water partition coefficient (Wildman–Crippen LogP) is 1.74. The van der Waals surface area contributed by atoms with Crippen LogP contribution in [0, 0.1) is 10.1 Å². The third kappa shape index (κ3) is 4.30. The number of anilines is 1. The van der Waals surface area contributed by atoms with Crippen molar-refractivity contribution in [2.75, 3.05) is 45.3 Å². The van der Waals surface area contributed by atoms with Crippen LogP contribution in [0.15, 0.2) is 18.2 Å². The van der Waals surface area contributed by atoms with Crippen molar-refractivity contribution in [1.82, 2.24) is 4.90 Å². The van der Waals surface area contributed by atoms with Crippen LogP contribution in [-0.4, -0.2) is 55.8 Å². The lowest BCUT2D eigenvalue weighted by Crippen LogP contribution is -2.42. The normalized spacial score (nSPS) is 17.2. The van der Waals surface area contributed by atoms with E-state index >= 15 is 0 Å². The first-order chi connectivity index (χ1) is 10.1. The Morgan fingerprint density at radius 3 is 2.81 bits per heavy atom. The Morgan fingerprint density at radius 2 is 2.19 bits per heavy atom. The van der Waals surface area contributed by atoms with E-state index in [0.717, 1.165) is 32.8 Å². The van der Waals surface area contributed by atoms with Gasteiger partial charge in [0.25, 0.3) is 5.69 Å². The molecule has 7 heteroatoms. The number of hydrogen-bond acceptors (Lipinski definition) is 6. The van der Waals surface area contributed by atoms with Gasteiger partial charge < -0.3 is 14.8 Å². The van der Waals surface area contributed by atoms with Crippen LogP contribution < -0.4 is 10.1 Å². The Kier molecular flexibility index (Phi) is 5.35. The summed E-state index contributed by atoms with van der Waals surface area (Å²) < 4.78 is 10.4. The summed E-state index contributed by atoms with van der Waals surface area (Å²) in [4.78, 5) is 13.0. The lowest BCUT2D eigenvalue weighted by molar-refractivity contribution is -0.384. The fourth-order valence-electron chi connectivity index (χ4n) is 2.40. The topological polar surface area (TPSA) is 76.9 Å². The van der Waals surface area contributed by atoms with Gasteiger partial charge >= 0.3 is 0 Å². The molecule has 0 bridgehead atoms. The van der Waals surface area contributed by atoms with Crippen molar-refractivity contribution < 1.29 is 14.4 Å². The van der Waals surface area contributed by atoms with E-state index in [-0.39, 0.29) is 16.7 Å². The third-order valence-electron chi connectivity index (χ3n) is 3.44. The second-order valence-electron chi connectivity index (χ2n) is 5.10. The fraction of sp³-hybridized carbons (Fsp3) is 0.571. The number of nitro groups is 1. The van der Waals surface area contributed by atoms with Crippen LogP contribution in [0.5, 0.6) is 5.75 Å². The summed E-state index contributed by atoms with van der Waals surface area (Å²) in [5.74, 6) is 0.599. The number of ether oxygens (including phenoxy) is 2. The molecule has 1 aromatic rings. The van der Waals surface area contributed by atoms with Gasteiger partial charge in [0, 0.05) is 37.8 Å². The van der Waals surface area contributed by atoms with Gasteiger partial charge in [0.15, 0.2) is 0 Å². The minimum Gasteiger partial charge on any atom is -0.497 e. The number of hydrogen-bond donors (Lipinski definition) is 1. The SMILES string of the molecule is COc1ccc([N+](=O)[O-])c(NC(C)CN2CCOCC2)c1. The maximum Gasteiger partial charge on any atom is 0.292 e. The molecule has 7 nitrogen and oxygen atoms in total. The molecule has 1 unspecified atom stereocenters. The van der Waals surface area contributed by atoms with Gasteiger partial charge in [0.1, 0.15) is 11.4 Å². The van der Waals surface area contributed by atoms with Gasteiger partial charge in [-0.3, -0.25) is 15.0 Å². The van der Waals surface area contributed by atoms with Crippen molar-refractivity contribution in [3.63, 3.8) is 0 Å². The first kappa shape index (κ1) is 15.5. The Labute approximate surface area is 124 Å². The van der Waals surface area contributed by atoms with Crippen molar-refractivity contribution in [3.05, 3.63) is 28.3 Å². The molecule has 0 aliphatic carbocycles. The molecule has 0 saturated carbocycles. The molecule has 1 fully saturated rings. The first-order valence-corrected chi connectivity index (χ1v) is 6.99. The third-order valence-corrected chi connectivity index (χ3v) is 3.44. The number of nitro benzene ring substituents is 1. The number of benzene rings is 1. The lowest BCUT2D eigenvalue weighted by atomic mass is 10.2. The quantitative estimate of drug-likeness (QED) is 0.636. The van der Waals surface area contributed by atoms with Crippen molar-refractivity contribution >= 4 is 11.4 Å². The van der Waals surface area contributed by atoms with Crippen LogP contribution in [-0.2, 0) is 4.74 Å². The van der Waals surface area contributed by atoms with E-state index in [1.54, 1.807) is 19.2 Å². The number of methoxy groups -OCH3 is 1. The molecular formula is C14H21N3O4. The molecule has 1 aromatic carbocycles. The summed E-state index contributed by atoms with van der Waals surface area (Å²) in [6.07, 6.45) is 0. The number of nitrogens with zero attached hydrogens (tertiary/aromatic N) is 2. The van der Waals surface area contributed by atoms with Gasteiger partial charge in [0.2, 0.25) is 0 Å². The monoisotopic (exact) mass is 295 g/mol. The second kappa shape index (κ2) is 7.24. The average Bonchev–Trinajstić information content (AvgIpc) is 2.47. The van der Waals surface area contributed by atoms with E-state index in [2.05, 4.69) is 10.2 Å². The highest BCUT2D eigenvalue weighted by Gasteiger charge is 2.18. The molecule has 0 amide bonds. The standard InChI is InChI=1S/C14H21N3O4/c1-11(10-16-5-7-21-8-6-16)15-13-9-12(20-2)3-4-14(13)17(18)19/h3-4,9,11,15H,5-8,10H2,1-2H3. The molecule has 0 spiro atoms. The van der Waals surface area contributed by atoms with Crippen molar-refractivity contribution in [2.24, 2.45) is 0 Å². The fourth-order valence-corrected chi connectivity index (χ4v) is 2.40. The van der Waals surface area contributed by atoms with Gasteiger partial charge in [-0.25, -0.2) is 0 Å². The summed E-state index contributed by atoms with van der Waals surface area (Å²) in [6.45, 7) is 6.10. The van der Waals surface area contributed by atoms with E-state index in [1.165, 1.54) is 6.07 Å². The smallest absolute Gasteiger partial charge is 0.292 e. The number of nitrogens with one attached hydrogen (secondary N) is 1. The predicted molar refractivity (Wildman–Crippen MR) is 80.0 cm³/mol. The number of rotatable bonds is 6.